The number of aromatic nitrogens is 1. The fourth-order valence-electron chi connectivity index (χ4n) is 1.80. The van der Waals surface area contributed by atoms with Crippen molar-refractivity contribution >= 4 is 11.3 Å². The van der Waals surface area contributed by atoms with Crippen molar-refractivity contribution in [2.24, 2.45) is 0 Å². The lowest BCUT2D eigenvalue weighted by Crippen LogP contribution is -1.99. The molecule has 1 aromatic heterocycles. The van der Waals surface area contributed by atoms with Crippen molar-refractivity contribution < 1.29 is 14.6 Å². The maximum absolute atomic E-state index is 9.57. The number of nitrogens with zero attached hydrogens (tertiary/aromatic N) is 1. The molecule has 0 amide bonds. The SMILES string of the molecule is COc1cc([C@H](C)O)ccc1OCc1nc(C)c(C)s1. The summed E-state index contributed by atoms with van der Waals surface area (Å²) in [4.78, 5) is 5.65. The van der Waals surface area contributed by atoms with E-state index in [1.165, 1.54) is 4.88 Å². The van der Waals surface area contributed by atoms with Gasteiger partial charge in [0.25, 0.3) is 0 Å². The zero-order chi connectivity index (χ0) is 14.7. The minimum absolute atomic E-state index is 0.420. The number of ether oxygens (including phenoxy) is 2. The minimum Gasteiger partial charge on any atom is -0.493 e. The molecule has 0 fully saturated rings. The number of thiazole rings is 1. The van der Waals surface area contributed by atoms with Crippen LogP contribution in [0.2, 0.25) is 0 Å². The number of aliphatic hydroxyl groups excluding tert-OH is 1. The topological polar surface area (TPSA) is 51.6 Å². The Morgan fingerprint density at radius 3 is 2.60 bits per heavy atom. The average molecular weight is 293 g/mol. The van der Waals surface area contributed by atoms with Crippen molar-refractivity contribution in [1.82, 2.24) is 4.98 Å². The van der Waals surface area contributed by atoms with Gasteiger partial charge in [0, 0.05) is 4.88 Å². The Hall–Kier alpha value is -1.59. The first-order chi connectivity index (χ1) is 9.51. The Morgan fingerprint density at radius 2 is 2.05 bits per heavy atom. The highest BCUT2D eigenvalue weighted by molar-refractivity contribution is 7.11. The van der Waals surface area contributed by atoms with Crippen LogP contribution < -0.4 is 9.47 Å². The maximum Gasteiger partial charge on any atom is 0.161 e. The molecule has 0 saturated carbocycles. The van der Waals surface area contributed by atoms with E-state index in [-0.39, 0.29) is 0 Å². The molecule has 1 N–H and O–H groups in total. The Kier molecular flexibility index (Phi) is 4.62. The molecule has 20 heavy (non-hydrogen) atoms. The number of rotatable bonds is 5. The van der Waals surface area contributed by atoms with Crippen LogP contribution in [0.5, 0.6) is 11.5 Å². The van der Waals surface area contributed by atoms with Crippen molar-refractivity contribution in [1.29, 1.82) is 0 Å². The lowest BCUT2D eigenvalue weighted by atomic mass is 10.1. The molecule has 0 bridgehead atoms. The molecule has 0 aliphatic carbocycles. The van der Waals surface area contributed by atoms with Gasteiger partial charge < -0.3 is 14.6 Å². The number of aliphatic hydroxyl groups is 1. The lowest BCUT2D eigenvalue weighted by molar-refractivity contribution is 0.198. The predicted octanol–water partition coefficient (Wildman–Crippen LogP) is 3.40. The smallest absolute Gasteiger partial charge is 0.161 e. The van der Waals surface area contributed by atoms with E-state index in [0.29, 0.717) is 18.1 Å². The molecule has 1 atom stereocenters. The minimum atomic E-state index is -0.526. The molecule has 0 unspecified atom stereocenters. The van der Waals surface area contributed by atoms with E-state index < -0.39 is 6.10 Å². The summed E-state index contributed by atoms with van der Waals surface area (Å²) in [5.41, 5.74) is 1.85. The number of hydrogen-bond donors (Lipinski definition) is 1. The Balaban J connectivity index is 2.12. The highest BCUT2D eigenvalue weighted by Gasteiger charge is 2.10. The summed E-state index contributed by atoms with van der Waals surface area (Å²) < 4.78 is 11.1. The van der Waals surface area contributed by atoms with Gasteiger partial charge in [-0.1, -0.05) is 6.07 Å². The summed E-state index contributed by atoms with van der Waals surface area (Å²) in [6.07, 6.45) is -0.526. The van der Waals surface area contributed by atoms with Crippen LogP contribution in [0.15, 0.2) is 18.2 Å². The van der Waals surface area contributed by atoms with Gasteiger partial charge in [-0.3, -0.25) is 0 Å². The highest BCUT2D eigenvalue weighted by Crippen LogP contribution is 2.31. The summed E-state index contributed by atoms with van der Waals surface area (Å²) in [7, 11) is 1.59. The molecule has 1 aromatic carbocycles. The van der Waals surface area contributed by atoms with E-state index in [1.54, 1.807) is 31.4 Å². The van der Waals surface area contributed by atoms with Crippen molar-refractivity contribution in [3.63, 3.8) is 0 Å². The monoisotopic (exact) mass is 293 g/mol. The van der Waals surface area contributed by atoms with Crippen LogP contribution in [0.4, 0.5) is 0 Å². The van der Waals surface area contributed by atoms with Crippen LogP contribution in [0.25, 0.3) is 0 Å². The molecule has 0 aliphatic rings. The molecular formula is C15H19NO3S. The van der Waals surface area contributed by atoms with Gasteiger partial charge in [-0.2, -0.15) is 0 Å². The predicted molar refractivity (Wildman–Crippen MR) is 79.5 cm³/mol. The van der Waals surface area contributed by atoms with Gasteiger partial charge in [0.2, 0.25) is 0 Å². The normalized spacial score (nSPS) is 12.2. The standard InChI is InChI=1S/C15H19NO3S/c1-9-11(3)20-15(16-9)8-19-13-6-5-12(10(2)17)7-14(13)18-4/h5-7,10,17H,8H2,1-4H3/t10-/m0/s1. The quantitative estimate of drug-likeness (QED) is 0.918. The van der Waals surface area contributed by atoms with Crippen molar-refractivity contribution in [3.05, 3.63) is 39.3 Å². The fourth-order valence-corrected chi connectivity index (χ4v) is 2.65. The molecule has 1 heterocycles. The molecule has 108 valence electrons. The van der Waals surface area contributed by atoms with Gasteiger partial charge in [-0.15, -0.1) is 11.3 Å². The molecule has 0 radical (unpaired) electrons. The molecule has 0 aliphatic heterocycles. The van der Waals surface area contributed by atoms with E-state index >= 15 is 0 Å². The third kappa shape index (κ3) is 3.29. The Morgan fingerprint density at radius 1 is 1.30 bits per heavy atom. The summed E-state index contributed by atoms with van der Waals surface area (Å²) in [6, 6.07) is 5.44. The molecule has 4 nitrogen and oxygen atoms in total. The van der Waals surface area contributed by atoms with Gasteiger partial charge in [0.1, 0.15) is 11.6 Å². The van der Waals surface area contributed by atoms with E-state index in [1.807, 2.05) is 19.1 Å². The second kappa shape index (κ2) is 6.24. The van der Waals surface area contributed by atoms with Gasteiger partial charge in [-0.05, 0) is 38.5 Å². The van der Waals surface area contributed by atoms with E-state index in [2.05, 4.69) is 11.9 Å². The van der Waals surface area contributed by atoms with Crippen molar-refractivity contribution in [3.8, 4) is 11.5 Å². The third-order valence-electron chi connectivity index (χ3n) is 3.09. The second-order valence-electron chi connectivity index (χ2n) is 4.62. The summed E-state index contributed by atoms with van der Waals surface area (Å²) in [6.45, 7) is 6.18. The van der Waals surface area contributed by atoms with E-state index in [4.69, 9.17) is 9.47 Å². The van der Waals surface area contributed by atoms with Crippen LogP contribution in [0, 0.1) is 13.8 Å². The number of methoxy groups -OCH3 is 1. The molecule has 2 rings (SSSR count). The van der Waals surface area contributed by atoms with Gasteiger partial charge >= 0.3 is 0 Å². The van der Waals surface area contributed by atoms with E-state index in [9.17, 15) is 5.11 Å². The zero-order valence-electron chi connectivity index (χ0n) is 12.1. The molecule has 0 saturated heterocycles. The van der Waals surface area contributed by atoms with Crippen molar-refractivity contribution in [2.45, 2.75) is 33.5 Å². The van der Waals surface area contributed by atoms with Crippen LogP contribution in [-0.2, 0) is 6.61 Å². The largest absolute Gasteiger partial charge is 0.493 e. The molecule has 5 heteroatoms. The third-order valence-corrected chi connectivity index (χ3v) is 4.14. The Bertz CT molecular complexity index is 573. The van der Waals surface area contributed by atoms with Crippen LogP contribution >= 0.6 is 11.3 Å². The van der Waals surface area contributed by atoms with E-state index in [0.717, 1.165) is 16.3 Å². The summed E-state index contributed by atoms with van der Waals surface area (Å²) in [5, 5.41) is 10.5. The maximum atomic E-state index is 9.57. The van der Waals surface area contributed by atoms with Crippen LogP contribution in [-0.4, -0.2) is 17.2 Å². The fraction of sp³-hybridized carbons (Fsp3) is 0.400. The van der Waals surface area contributed by atoms with Gasteiger partial charge in [0.05, 0.1) is 18.9 Å². The number of aryl methyl sites for hydroxylation is 2. The highest BCUT2D eigenvalue weighted by atomic mass is 32.1. The second-order valence-corrected chi connectivity index (χ2v) is 5.91. The summed E-state index contributed by atoms with van der Waals surface area (Å²) in [5.74, 6) is 1.27. The van der Waals surface area contributed by atoms with Gasteiger partial charge in [-0.25, -0.2) is 4.98 Å². The lowest BCUT2D eigenvalue weighted by Gasteiger charge is -2.12. The number of hydrogen-bond acceptors (Lipinski definition) is 5. The first kappa shape index (κ1) is 14.8. The Labute approximate surface area is 123 Å². The zero-order valence-corrected chi connectivity index (χ0v) is 13.0. The van der Waals surface area contributed by atoms with Gasteiger partial charge in [0.15, 0.2) is 11.5 Å². The average Bonchev–Trinajstić information content (AvgIpc) is 2.75. The summed E-state index contributed by atoms with van der Waals surface area (Å²) >= 11 is 1.64. The van der Waals surface area contributed by atoms with Crippen LogP contribution in [0.1, 0.15) is 34.2 Å². The van der Waals surface area contributed by atoms with Crippen LogP contribution in [0.3, 0.4) is 0 Å². The molecule has 0 spiro atoms. The van der Waals surface area contributed by atoms with Crippen molar-refractivity contribution in [2.75, 3.05) is 7.11 Å². The molecular weight excluding hydrogens is 274 g/mol. The first-order valence-electron chi connectivity index (χ1n) is 6.43. The number of benzene rings is 1. The molecule has 2 aromatic rings. The first-order valence-corrected chi connectivity index (χ1v) is 7.24.